The summed E-state index contributed by atoms with van der Waals surface area (Å²) >= 11 is 0. The second kappa shape index (κ2) is 13.3. The van der Waals surface area contributed by atoms with Gasteiger partial charge in [0.1, 0.15) is 17.2 Å². The van der Waals surface area contributed by atoms with Crippen LogP contribution in [0.1, 0.15) is 50.0 Å². The van der Waals surface area contributed by atoms with Gasteiger partial charge in [0.2, 0.25) is 0 Å². The van der Waals surface area contributed by atoms with Crippen LogP contribution in [0.4, 0.5) is 0 Å². The van der Waals surface area contributed by atoms with Gasteiger partial charge in [0, 0.05) is 17.2 Å². The quantitative estimate of drug-likeness (QED) is 0.124. The van der Waals surface area contributed by atoms with Gasteiger partial charge in [0.25, 0.3) is 5.91 Å². The molecule has 1 N–H and O–H groups in total. The van der Waals surface area contributed by atoms with Gasteiger partial charge in [0.05, 0.1) is 23.9 Å². The summed E-state index contributed by atoms with van der Waals surface area (Å²) in [5.41, 5.74) is 3.94. The van der Waals surface area contributed by atoms with Gasteiger partial charge in [-0.3, -0.25) is 4.79 Å². The third kappa shape index (κ3) is 7.62. The molecule has 0 bridgehead atoms. The van der Waals surface area contributed by atoms with Crippen LogP contribution in [0.25, 0.3) is 0 Å². The molecule has 0 unspecified atom stereocenters. The number of ether oxygens (including phenoxy) is 3. The van der Waals surface area contributed by atoms with Gasteiger partial charge in [-0.05, 0) is 67.1 Å². The molecular formula is C31H26N2O6. The minimum absolute atomic E-state index is 0.0950. The molecule has 0 aliphatic carbocycles. The Hall–Kier alpha value is -5.24. The van der Waals surface area contributed by atoms with E-state index in [1.807, 2.05) is 6.92 Å². The largest absolute Gasteiger partial charge is 0.494 e. The van der Waals surface area contributed by atoms with E-state index in [2.05, 4.69) is 10.5 Å². The van der Waals surface area contributed by atoms with Crippen LogP contribution in [-0.4, -0.2) is 30.7 Å². The Morgan fingerprint density at radius 3 is 1.92 bits per heavy atom. The van der Waals surface area contributed by atoms with E-state index in [-0.39, 0.29) is 11.5 Å². The van der Waals surface area contributed by atoms with Gasteiger partial charge >= 0.3 is 11.9 Å². The van der Waals surface area contributed by atoms with Gasteiger partial charge < -0.3 is 14.2 Å². The van der Waals surface area contributed by atoms with Crippen molar-refractivity contribution in [2.45, 2.75) is 13.3 Å². The zero-order chi connectivity index (χ0) is 27.5. The molecule has 4 aromatic carbocycles. The smallest absolute Gasteiger partial charge is 0.343 e. The molecule has 8 nitrogen and oxygen atoms in total. The van der Waals surface area contributed by atoms with Gasteiger partial charge in [-0.25, -0.2) is 15.0 Å². The van der Waals surface area contributed by atoms with Crippen molar-refractivity contribution in [2.75, 3.05) is 6.61 Å². The lowest BCUT2D eigenvalue weighted by molar-refractivity contribution is 0.0732. The lowest BCUT2D eigenvalue weighted by Gasteiger charge is -2.10. The molecule has 0 atom stereocenters. The molecule has 0 saturated carbocycles. The molecular weight excluding hydrogens is 496 g/mol. The van der Waals surface area contributed by atoms with Crippen molar-refractivity contribution in [3.05, 3.63) is 125 Å². The van der Waals surface area contributed by atoms with Crippen molar-refractivity contribution < 1.29 is 28.6 Å². The predicted octanol–water partition coefficient (Wildman–Crippen LogP) is 5.68. The monoisotopic (exact) mass is 522 g/mol. The maximum absolute atomic E-state index is 12.7. The van der Waals surface area contributed by atoms with Crippen molar-refractivity contribution in [3.63, 3.8) is 0 Å². The lowest BCUT2D eigenvalue weighted by Crippen LogP contribution is -2.17. The number of hydrogen-bond donors (Lipinski definition) is 1. The zero-order valence-corrected chi connectivity index (χ0v) is 21.2. The molecule has 0 aliphatic heterocycles. The fourth-order valence-corrected chi connectivity index (χ4v) is 3.39. The van der Waals surface area contributed by atoms with Crippen LogP contribution in [0.5, 0.6) is 17.2 Å². The van der Waals surface area contributed by atoms with E-state index >= 15 is 0 Å². The number of amides is 1. The molecule has 4 rings (SSSR count). The van der Waals surface area contributed by atoms with E-state index < -0.39 is 17.8 Å². The first kappa shape index (κ1) is 26.8. The fraction of sp³-hybridized carbons (Fsp3) is 0.0968. The Labute approximate surface area is 225 Å². The Morgan fingerprint density at radius 2 is 1.31 bits per heavy atom. The summed E-state index contributed by atoms with van der Waals surface area (Å²) < 4.78 is 16.6. The fourth-order valence-electron chi connectivity index (χ4n) is 3.39. The number of hydrazone groups is 1. The third-order valence-corrected chi connectivity index (χ3v) is 5.38. The molecule has 0 heterocycles. The maximum atomic E-state index is 12.7. The van der Waals surface area contributed by atoms with E-state index in [1.54, 1.807) is 97.1 Å². The van der Waals surface area contributed by atoms with Crippen molar-refractivity contribution in [1.29, 1.82) is 0 Å². The molecule has 8 heteroatoms. The van der Waals surface area contributed by atoms with Crippen molar-refractivity contribution in [1.82, 2.24) is 5.43 Å². The molecule has 0 saturated heterocycles. The Morgan fingerprint density at radius 1 is 0.718 bits per heavy atom. The van der Waals surface area contributed by atoms with Crippen LogP contribution < -0.4 is 19.6 Å². The number of nitrogens with one attached hydrogen (secondary N) is 1. The van der Waals surface area contributed by atoms with E-state index in [0.29, 0.717) is 34.6 Å². The molecule has 0 aromatic heterocycles. The molecule has 4 aromatic rings. The van der Waals surface area contributed by atoms with Crippen LogP contribution in [0.3, 0.4) is 0 Å². The average Bonchev–Trinajstić information content (AvgIpc) is 2.98. The zero-order valence-electron chi connectivity index (χ0n) is 21.2. The normalized spacial score (nSPS) is 10.6. The van der Waals surface area contributed by atoms with Crippen LogP contribution >= 0.6 is 0 Å². The Bertz CT molecular complexity index is 1450. The summed E-state index contributed by atoms with van der Waals surface area (Å²) in [5.74, 6) is -0.648. The number of benzene rings is 4. The minimum atomic E-state index is -0.605. The molecule has 0 radical (unpaired) electrons. The molecule has 1 amide bonds. The first-order valence-corrected chi connectivity index (χ1v) is 12.3. The van der Waals surface area contributed by atoms with Crippen LogP contribution in [0, 0.1) is 0 Å². The summed E-state index contributed by atoms with van der Waals surface area (Å²) in [5, 5.41) is 4.01. The van der Waals surface area contributed by atoms with Gasteiger partial charge in [0.15, 0.2) is 0 Å². The lowest BCUT2D eigenvalue weighted by atomic mass is 10.2. The Kier molecular flexibility index (Phi) is 9.18. The molecule has 0 aliphatic rings. The SMILES string of the molecule is CCCOc1ccc(C(=O)N/N=C\c2ccc(OC(=O)c3ccccc3)cc2OC(=O)c2ccccc2)cc1. The summed E-state index contributed by atoms with van der Waals surface area (Å²) in [6.07, 6.45) is 2.23. The third-order valence-electron chi connectivity index (χ3n) is 5.38. The number of carbonyl (C=O) groups excluding carboxylic acids is 3. The highest BCUT2D eigenvalue weighted by Crippen LogP contribution is 2.26. The summed E-state index contributed by atoms with van der Waals surface area (Å²) in [6, 6.07) is 28.2. The second-order valence-electron chi connectivity index (χ2n) is 8.28. The maximum Gasteiger partial charge on any atom is 0.343 e. The van der Waals surface area contributed by atoms with E-state index in [4.69, 9.17) is 14.2 Å². The highest BCUT2D eigenvalue weighted by molar-refractivity contribution is 5.96. The van der Waals surface area contributed by atoms with Crippen LogP contribution in [0.15, 0.2) is 108 Å². The number of esters is 2. The van der Waals surface area contributed by atoms with Crippen molar-refractivity contribution in [2.24, 2.45) is 5.10 Å². The number of nitrogens with zero attached hydrogens (tertiary/aromatic N) is 1. The standard InChI is InChI=1S/C31H26N2O6/c1-2-19-37-26-16-13-22(14-17-26)29(34)33-32-21-25-15-18-27(38-30(35)23-9-5-3-6-10-23)20-28(25)39-31(36)24-11-7-4-8-12-24/h3-18,20-21H,2,19H2,1H3,(H,33,34)/b32-21-. The van der Waals surface area contributed by atoms with Crippen molar-refractivity contribution in [3.8, 4) is 17.2 Å². The minimum Gasteiger partial charge on any atom is -0.494 e. The summed E-state index contributed by atoms with van der Waals surface area (Å²) in [6.45, 7) is 2.61. The predicted molar refractivity (Wildman–Crippen MR) is 147 cm³/mol. The highest BCUT2D eigenvalue weighted by atomic mass is 16.5. The molecule has 196 valence electrons. The first-order chi connectivity index (χ1) is 19.0. The second-order valence-corrected chi connectivity index (χ2v) is 8.28. The van der Waals surface area contributed by atoms with Gasteiger partial charge in [-0.15, -0.1) is 0 Å². The topological polar surface area (TPSA) is 103 Å². The molecule has 0 fully saturated rings. The van der Waals surface area contributed by atoms with E-state index in [1.165, 1.54) is 12.3 Å². The number of hydrogen-bond acceptors (Lipinski definition) is 7. The summed E-state index contributed by atoms with van der Waals surface area (Å²) in [7, 11) is 0. The number of carbonyl (C=O) groups is 3. The average molecular weight is 523 g/mol. The molecule has 0 spiro atoms. The van der Waals surface area contributed by atoms with E-state index in [0.717, 1.165) is 6.42 Å². The highest BCUT2D eigenvalue weighted by Gasteiger charge is 2.15. The van der Waals surface area contributed by atoms with E-state index in [9.17, 15) is 14.4 Å². The van der Waals surface area contributed by atoms with Gasteiger partial charge in [-0.2, -0.15) is 5.10 Å². The van der Waals surface area contributed by atoms with Crippen LogP contribution in [0.2, 0.25) is 0 Å². The van der Waals surface area contributed by atoms with Crippen molar-refractivity contribution >= 4 is 24.1 Å². The number of rotatable bonds is 10. The summed E-state index contributed by atoms with van der Waals surface area (Å²) in [4.78, 5) is 37.7. The molecule has 39 heavy (non-hydrogen) atoms. The van der Waals surface area contributed by atoms with Gasteiger partial charge in [-0.1, -0.05) is 43.3 Å². The Balaban J connectivity index is 1.50. The first-order valence-electron chi connectivity index (χ1n) is 12.3. The van der Waals surface area contributed by atoms with Crippen LogP contribution in [-0.2, 0) is 0 Å².